The fraction of sp³-hybridized carbons (Fsp3) is 0.273. The summed E-state index contributed by atoms with van der Waals surface area (Å²) in [7, 11) is 0. The molecule has 74 valence electrons. The zero-order chi connectivity index (χ0) is 9.97. The second kappa shape index (κ2) is 3.80. The molecule has 0 radical (unpaired) electrons. The normalized spacial score (nSPS) is 11.0. The monoisotopic (exact) mass is 192 g/mol. The molecule has 3 heteroatoms. The van der Waals surface area contributed by atoms with Crippen LogP contribution in [0.3, 0.4) is 0 Å². The Morgan fingerprint density at radius 2 is 2.21 bits per heavy atom. The summed E-state index contributed by atoms with van der Waals surface area (Å²) in [6, 6.07) is 6.83. The van der Waals surface area contributed by atoms with Crippen LogP contribution in [-0.4, -0.2) is 11.5 Å². The number of H-pyrrole nitrogens is 1. The lowest BCUT2D eigenvalue weighted by Crippen LogP contribution is -2.11. The molecule has 0 aliphatic heterocycles. The van der Waals surface area contributed by atoms with Gasteiger partial charge in [-0.1, -0.05) is 6.92 Å². The highest BCUT2D eigenvalue weighted by Crippen LogP contribution is 2.16. The molecule has 0 aliphatic rings. The smallest absolute Gasteiger partial charge is 0.125 e. The zero-order valence-electron chi connectivity index (χ0n) is 8.10. The molecule has 2 aromatic rings. The molecular formula is C11H13FN2. The van der Waals surface area contributed by atoms with Crippen molar-refractivity contribution in [3.05, 3.63) is 35.8 Å². The Morgan fingerprint density at radius 3 is 3.00 bits per heavy atom. The van der Waals surface area contributed by atoms with Crippen LogP contribution in [0.1, 0.15) is 12.6 Å². The summed E-state index contributed by atoms with van der Waals surface area (Å²) < 4.78 is 12.9. The zero-order valence-corrected chi connectivity index (χ0v) is 8.10. The highest BCUT2D eigenvalue weighted by Gasteiger charge is 2.00. The molecule has 0 atom stereocenters. The Kier molecular flexibility index (Phi) is 2.50. The van der Waals surface area contributed by atoms with Gasteiger partial charge in [0.2, 0.25) is 0 Å². The summed E-state index contributed by atoms with van der Waals surface area (Å²) in [6.45, 7) is 3.79. The summed E-state index contributed by atoms with van der Waals surface area (Å²) in [4.78, 5) is 3.17. The van der Waals surface area contributed by atoms with Gasteiger partial charge in [-0.05, 0) is 36.2 Å². The highest BCUT2D eigenvalue weighted by molar-refractivity contribution is 5.80. The molecule has 0 aliphatic carbocycles. The van der Waals surface area contributed by atoms with Crippen molar-refractivity contribution in [1.29, 1.82) is 0 Å². The molecule has 0 fully saturated rings. The van der Waals surface area contributed by atoms with Crippen LogP contribution in [-0.2, 0) is 6.54 Å². The molecular weight excluding hydrogens is 179 g/mol. The SMILES string of the molecule is CCNCc1cc2ccc(F)cc2[nH]1. The minimum atomic E-state index is -0.200. The average Bonchev–Trinajstić information content (AvgIpc) is 2.56. The summed E-state index contributed by atoms with van der Waals surface area (Å²) in [6.07, 6.45) is 0. The minimum absolute atomic E-state index is 0.200. The van der Waals surface area contributed by atoms with E-state index in [1.807, 2.05) is 6.07 Å². The first-order chi connectivity index (χ1) is 6.79. The highest BCUT2D eigenvalue weighted by atomic mass is 19.1. The van der Waals surface area contributed by atoms with Gasteiger partial charge in [-0.15, -0.1) is 0 Å². The van der Waals surface area contributed by atoms with Crippen LogP contribution in [0.25, 0.3) is 10.9 Å². The Balaban J connectivity index is 2.32. The van der Waals surface area contributed by atoms with Gasteiger partial charge in [0, 0.05) is 17.8 Å². The summed E-state index contributed by atoms with van der Waals surface area (Å²) in [5.41, 5.74) is 1.95. The Morgan fingerprint density at radius 1 is 1.36 bits per heavy atom. The van der Waals surface area contributed by atoms with E-state index in [0.717, 1.165) is 29.7 Å². The number of benzene rings is 1. The number of fused-ring (bicyclic) bond motifs is 1. The van der Waals surface area contributed by atoms with Gasteiger partial charge < -0.3 is 10.3 Å². The van der Waals surface area contributed by atoms with Crippen LogP contribution < -0.4 is 5.32 Å². The molecule has 0 saturated carbocycles. The van der Waals surface area contributed by atoms with E-state index in [9.17, 15) is 4.39 Å². The van der Waals surface area contributed by atoms with Crippen molar-refractivity contribution in [2.45, 2.75) is 13.5 Å². The van der Waals surface area contributed by atoms with Gasteiger partial charge in [0.25, 0.3) is 0 Å². The minimum Gasteiger partial charge on any atom is -0.357 e. The quantitative estimate of drug-likeness (QED) is 0.768. The van der Waals surface area contributed by atoms with Crippen molar-refractivity contribution in [3.8, 4) is 0 Å². The van der Waals surface area contributed by atoms with Crippen LogP contribution in [0.2, 0.25) is 0 Å². The number of nitrogens with one attached hydrogen (secondary N) is 2. The van der Waals surface area contributed by atoms with Crippen LogP contribution in [0.5, 0.6) is 0 Å². The van der Waals surface area contributed by atoms with E-state index < -0.39 is 0 Å². The number of aromatic amines is 1. The largest absolute Gasteiger partial charge is 0.357 e. The lowest BCUT2D eigenvalue weighted by molar-refractivity contribution is 0.629. The molecule has 0 unspecified atom stereocenters. The fourth-order valence-corrected chi connectivity index (χ4v) is 1.51. The molecule has 0 saturated heterocycles. The van der Waals surface area contributed by atoms with Gasteiger partial charge in [-0.2, -0.15) is 0 Å². The Bertz CT molecular complexity index is 434. The van der Waals surface area contributed by atoms with E-state index in [1.54, 1.807) is 6.07 Å². The lowest BCUT2D eigenvalue weighted by atomic mass is 10.2. The van der Waals surface area contributed by atoms with E-state index in [2.05, 4.69) is 17.2 Å². The maximum atomic E-state index is 12.9. The van der Waals surface area contributed by atoms with Crippen molar-refractivity contribution in [1.82, 2.24) is 10.3 Å². The predicted octanol–water partition coefficient (Wildman–Crippen LogP) is 2.42. The van der Waals surface area contributed by atoms with Gasteiger partial charge in [0.05, 0.1) is 0 Å². The van der Waals surface area contributed by atoms with Crippen molar-refractivity contribution >= 4 is 10.9 Å². The van der Waals surface area contributed by atoms with Crippen molar-refractivity contribution < 1.29 is 4.39 Å². The number of hydrogen-bond donors (Lipinski definition) is 2. The first-order valence-electron chi connectivity index (χ1n) is 4.77. The fourth-order valence-electron chi connectivity index (χ4n) is 1.51. The van der Waals surface area contributed by atoms with Crippen LogP contribution in [0.15, 0.2) is 24.3 Å². The number of rotatable bonds is 3. The standard InChI is InChI=1S/C11H13FN2/c1-2-13-7-10-5-8-3-4-9(12)6-11(8)14-10/h3-6,13-14H,2,7H2,1H3. The van der Waals surface area contributed by atoms with Gasteiger partial charge in [0.1, 0.15) is 5.82 Å². The van der Waals surface area contributed by atoms with Crippen LogP contribution in [0.4, 0.5) is 4.39 Å². The average molecular weight is 192 g/mol. The van der Waals surface area contributed by atoms with Gasteiger partial charge in [0.15, 0.2) is 0 Å². The van der Waals surface area contributed by atoms with E-state index in [1.165, 1.54) is 12.1 Å². The molecule has 1 aromatic carbocycles. The molecule has 2 nitrogen and oxygen atoms in total. The van der Waals surface area contributed by atoms with Gasteiger partial charge >= 0.3 is 0 Å². The number of aromatic nitrogens is 1. The van der Waals surface area contributed by atoms with Crippen molar-refractivity contribution in [3.63, 3.8) is 0 Å². The van der Waals surface area contributed by atoms with E-state index in [4.69, 9.17) is 0 Å². The molecule has 1 heterocycles. The van der Waals surface area contributed by atoms with Gasteiger partial charge in [-0.25, -0.2) is 4.39 Å². The third-order valence-corrected chi connectivity index (χ3v) is 2.21. The number of hydrogen-bond acceptors (Lipinski definition) is 1. The Hall–Kier alpha value is -1.35. The molecule has 2 N–H and O–H groups in total. The van der Waals surface area contributed by atoms with Crippen LogP contribution >= 0.6 is 0 Å². The van der Waals surface area contributed by atoms with Crippen molar-refractivity contribution in [2.75, 3.05) is 6.54 Å². The maximum absolute atomic E-state index is 12.9. The summed E-state index contributed by atoms with van der Waals surface area (Å²) >= 11 is 0. The third kappa shape index (κ3) is 1.77. The molecule has 2 rings (SSSR count). The van der Waals surface area contributed by atoms with Crippen molar-refractivity contribution in [2.24, 2.45) is 0 Å². The summed E-state index contributed by atoms with van der Waals surface area (Å²) in [5, 5.41) is 4.27. The first-order valence-corrected chi connectivity index (χ1v) is 4.77. The Labute approximate surface area is 82.1 Å². The lowest BCUT2D eigenvalue weighted by Gasteiger charge is -1.96. The molecule has 0 bridgehead atoms. The summed E-state index contributed by atoms with van der Waals surface area (Å²) in [5.74, 6) is -0.200. The predicted molar refractivity (Wildman–Crippen MR) is 55.6 cm³/mol. The maximum Gasteiger partial charge on any atom is 0.125 e. The molecule has 14 heavy (non-hydrogen) atoms. The van der Waals surface area contributed by atoms with E-state index in [0.29, 0.717) is 0 Å². The van der Waals surface area contributed by atoms with Crippen LogP contribution in [0, 0.1) is 5.82 Å². The second-order valence-electron chi connectivity index (χ2n) is 3.31. The van der Waals surface area contributed by atoms with E-state index >= 15 is 0 Å². The second-order valence-corrected chi connectivity index (χ2v) is 3.31. The number of halogens is 1. The molecule has 0 spiro atoms. The van der Waals surface area contributed by atoms with Gasteiger partial charge in [-0.3, -0.25) is 0 Å². The molecule has 1 aromatic heterocycles. The third-order valence-electron chi connectivity index (χ3n) is 2.21. The van der Waals surface area contributed by atoms with E-state index in [-0.39, 0.29) is 5.82 Å². The topological polar surface area (TPSA) is 27.8 Å². The molecule has 0 amide bonds. The first kappa shape index (κ1) is 9.21.